The van der Waals surface area contributed by atoms with Crippen molar-refractivity contribution in [1.82, 2.24) is 5.32 Å². The van der Waals surface area contributed by atoms with E-state index in [-0.39, 0.29) is 18.1 Å². The number of rotatable bonds is 7. The number of nitrogens with one attached hydrogen (secondary N) is 2. The average Bonchev–Trinajstić information content (AvgIpc) is 3.18. The van der Waals surface area contributed by atoms with Crippen LogP contribution in [0.2, 0.25) is 0 Å². The lowest BCUT2D eigenvalue weighted by Gasteiger charge is -2.20. The van der Waals surface area contributed by atoms with Crippen LogP contribution in [0.15, 0.2) is 47.6 Å². The predicted molar refractivity (Wildman–Crippen MR) is 111 cm³/mol. The molecule has 0 spiro atoms. The van der Waals surface area contributed by atoms with Gasteiger partial charge in [-0.1, -0.05) is 55.4 Å². The second-order valence-corrected chi connectivity index (χ2v) is 7.48. The topological polar surface area (TPSA) is 120 Å². The van der Waals surface area contributed by atoms with E-state index < -0.39 is 31.0 Å². The highest BCUT2D eigenvalue weighted by atomic mass is 16.6. The van der Waals surface area contributed by atoms with Crippen molar-refractivity contribution >= 4 is 41.1 Å². The van der Waals surface area contributed by atoms with Crippen LogP contribution in [0.25, 0.3) is 10.8 Å². The van der Waals surface area contributed by atoms with Gasteiger partial charge in [0, 0.05) is 17.5 Å². The van der Waals surface area contributed by atoms with Crippen LogP contribution in [-0.2, 0) is 14.4 Å². The maximum atomic E-state index is 12.6. The molecule has 0 fully saturated rings. The quantitative estimate of drug-likeness (QED) is 0.528. The van der Waals surface area contributed by atoms with Crippen LogP contribution in [0.1, 0.15) is 26.7 Å². The Hall–Kier alpha value is -2.91. The lowest BCUT2D eigenvalue weighted by molar-refractivity contribution is -0.131. The third kappa shape index (κ3) is 5.13. The average molecular weight is 397 g/mol. The second-order valence-electron chi connectivity index (χ2n) is 7.48. The Morgan fingerprint density at radius 1 is 1.21 bits per heavy atom. The van der Waals surface area contributed by atoms with Gasteiger partial charge in [0.25, 0.3) is 11.8 Å². The Bertz CT molecular complexity index is 926. The van der Waals surface area contributed by atoms with Crippen LogP contribution in [-0.4, -0.2) is 46.7 Å². The summed E-state index contributed by atoms with van der Waals surface area (Å²) in [6, 6.07) is 13.2. The van der Waals surface area contributed by atoms with Gasteiger partial charge in [0.05, 0.1) is 5.94 Å². The number of amides is 2. The summed E-state index contributed by atoms with van der Waals surface area (Å²) in [4.78, 5) is 30.1. The summed E-state index contributed by atoms with van der Waals surface area (Å²) >= 11 is 0. The van der Waals surface area contributed by atoms with Gasteiger partial charge in [-0.05, 0) is 23.8 Å². The fourth-order valence-corrected chi connectivity index (χ4v) is 3.22. The van der Waals surface area contributed by atoms with E-state index in [1.807, 2.05) is 50.2 Å². The zero-order valence-electron chi connectivity index (χ0n) is 16.3. The number of carbonyl (C=O) groups is 2. The van der Waals surface area contributed by atoms with Crippen LogP contribution in [0.3, 0.4) is 0 Å². The molecule has 2 aromatic rings. The summed E-state index contributed by atoms with van der Waals surface area (Å²) in [6.45, 7) is 3.82. The van der Waals surface area contributed by atoms with Gasteiger partial charge in [-0.3, -0.25) is 9.59 Å². The number of benzene rings is 2. The first-order valence-electron chi connectivity index (χ1n) is 9.53. The molecule has 0 aliphatic carbocycles. The van der Waals surface area contributed by atoms with Crippen molar-refractivity contribution in [2.75, 3.05) is 5.32 Å². The fraction of sp³-hybridized carbons (Fsp3) is 0.350. The van der Waals surface area contributed by atoms with E-state index in [0.717, 1.165) is 10.8 Å². The smallest absolute Gasteiger partial charge is 0.426 e. The molecule has 1 aliphatic heterocycles. The lowest BCUT2D eigenvalue weighted by Crippen LogP contribution is -2.50. The normalized spacial score (nSPS) is 16.9. The Morgan fingerprint density at radius 3 is 2.66 bits per heavy atom. The fourth-order valence-electron chi connectivity index (χ4n) is 3.22. The van der Waals surface area contributed by atoms with Gasteiger partial charge in [-0.25, -0.2) is 0 Å². The summed E-state index contributed by atoms with van der Waals surface area (Å²) in [6.07, 6.45) is -0.597. The van der Waals surface area contributed by atoms with E-state index in [9.17, 15) is 19.6 Å². The highest BCUT2D eigenvalue weighted by molar-refractivity contribution is 6.44. The molecule has 2 aromatic carbocycles. The molecule has 0 saturated heterocycles. The van der Waals surface area contributed by atoms with Crippen molar-refractivity contribution < 1.29 is 24.5 Å². The van der Waals surface area contributed by atoms with Crippen molar-refractivity contribution in [2.45, 2.75) is 38.7 Å². The number of hydrogen-bond acceptors (Lipinski definition) is 6. The van der Waals surface area contributed by atoms with Crippen LogP contribution in [0.4, 0.5) is 5.69 Å². The number of anilines is 1. The largest absolute Gasteiger partial charge is 0.475 e. The molecule has 0 radical (unpaired) electrons. The maximum Gasteiger partial charge on any atom is 0.475 e. The molecule has 1 aliphatic rings. The number of oxime groups is 1. The van der Waals surface area contributed by atoms with E-state index in [0.29, 0.717) is 12.1 Å². The van der Waals surface area contributed by atoms with Gasteiger partial charge in [0.2, 0.25) is 6.10 Å². The predicted octanol–water partition coefficient (Wildman–Crippen LogP) is 1.47. The van der Waals surface area contributed by atoms with Gasteiger partial charge >= 0.3 is 7.12 Å². The first kappa shape index (κ1) is 20.8. The third-order valence-electron chi connectivity index (χ3n) is 4.67. The molecule has 0 aromatic heterocycles. The van der Waals surface area contributed by atoms with E-state index in [1.54, 1.807) is 6.07 Å². The zero-order valence-corrected chi connectivity index (χ0v) is 16.3. The highest BCUT2D eigenvalue weighted by Gasteiger charge is 2.35. The Balaban J connectivity index is 1.61. The minimum Gasteiger partial charge on any atom is -0.426 e. The van der Waals surface area contributed by atoms with E-state index in [1.165, 1.54) is 0 Å². The van der Waals surface area contributed by atoms with E-state index >= 15 is 0 Å². The molecule has 2 amide bonds. The number of nitrogens with zero attached hydrogens (tertiary/aromatic N) is 1. The van der Waals surface area contributed by atoms with Crippen LogP contribution in [0, 0.1) is 5.92 Å². The Labute approximate surface area is 169 Å². The molecule has 4 N–H and O–H groups in total. The summed E-state index contributed by atoms with van der Waals surface area (Å²) in [5.41, 5.74) is 0.743. The molecular formula is C20H24BN3O5. The van der Waals surface area contributed by atoms with Gasteiger partial charge in [-0.2, -0.15) is 0 Å². The molecular weight excluding hydrogens is 373 g/mol. The molecule has 1 heterocycles. The molecule has 0 saturated carbocycles. The third-order valence-corrected chi connectivity index (χ3v) is 4.67. The van der Waals surface area contributed by atoms with E-state index in [4.69, 9.17) is 4.84 Å². The minimum absolute atomic E-state index is 0.00163. The van der Waals surface area contributed by atoms with Crippen LogP contribution in [0.5, 0.6) is 0 Å². The Kier molecular flexibility index (Phi) is 6.51. The molecule has 3 rings (SSSR count). The number of fused-ring (bicyclic) bond motifs is 1. The summed E-state index contributed by atoms with van der Waals surface area (Å²) in [5.74, 6) is -1.65. The van der Waals surface area contributed by atoms with Crippen LogP contribution >= 0.6 is 0 Å². The van der Waals surface area contributed by atoms with Gasteiger partial charge in [-0.15, -0.1) is 0 Å². The monoisotopic (exact) mass is 397 g/mol. The van der Waals surface area contributed by atoms with Crippen molar-refractivity contribution in [3.05, 3.63) is 42.5 Å². The summed E-state index contributed by atoms with van der Waals surface area (Å²) < 4.78 is 0. The Morgan fingerprint density at radius 2 is 1.93 bits per heavy atom. The van der Waals surface area contributed by atoms with Gasteiger partial charge in [0.15, 0.2) is 0 Å². The van der Waals surface area contributed by atoms with Crippen molar-refractivity contribution in [1.29, 1.82) is 0 Å². The van der Waals surface area contributed by atoms with Crippen molar-refractivity contribution in [2.24, 2.45) is 11.1 Å². The molecule has 29 heavy (non-hydrogen) atoms. The molecule has 1 unspecified atom stereocenters. The molecule has 9 heteroatoms. The maximum absolute atomic E-state index is 12.6. The van der Waals surface area contributed by atoms with Crippen LogP contribution < -0.4 is 10.6 Å². The van der Waals surface area contributed by atoms with Gasteiger partial charge < -0.3 is 25.5 Å². The zero-order chi connectivity index (χ0) is 21.0. The molecule has 152 valence electrons. The van der Waals surface area contributed by atoms with Crippen molar-refractivity contribution in [3.8, 4) is 0 Å². The highest BCUT2D eigenvalue weighted by Crippen LogP contribution is 2.23. The van der Waals surface area contributed by atoms with Crippen molar-refractivity contribution in [3.63, 3.8) is 0 Å². The molecule has 0 bridgehead atoms. The standard InChI is InChI=1S/C20H24BN3O5/c1-12(2)10-18(21(27)28)23-20(26)17-11-16(24-29-17)19(25)22-15-9-5-7-13-6-3-4-8-14(13)15/h3-9,12,17-18,27-28H,10-11H2,1-2H3,(H,22,25)(H,23,26)/t17?,18-/m0/s1. The first-order chi connectivity index (χ1) is 13.8. The molecule has 8 nitrogen and oxygen atoms in total. The lowest BCUT2D eigenvalue weighted by atomic mass is 9.75. The number of hydrogen-bond donors (Lipinski definition) is 4. The first-order valence-corrected chi connectivity index (χ1v) is 9.53. The summed E-state index contributed by atoms with van der Waals surface area (Å²) in [7, 11) is -1.68. The SMILES string of the molecule is CC(C)C[C@H](NC(=O)C1CC(C(=O)Nc2cccc3ccccc23)=NO1)B(O)O. The van der Waals surface area contributed by atoms with E-state index in [2.05, 4.69) is 15.8 Å². The summed E-state index contributed by atoms with van der Waals surface area (Å²) in [5, 5.41) is 29.9. The molecule has 2 atom stereocenters. The number of carbonyl (C=O) groups excluding carboxylic acids is 2. The van der Waals surface area contributed by atoms with Gasteiger partial charge in [0.1, 0.15) is 5.71 Å². The minimum atomic E-state index is -1.68. The second kappa shape index (κ2) is 9.06.